The van der Waals surface area contributed by atoms with Gasteiger partial charge in [0.05, 0.1) is 0 Å². The Kier molecular flexibility index (Phi) is 4.63. The monoisotopic (exact) mass is 390 g/mol. The van der Waals surface area contributed by atoms with Crippen molar-refractivity contribution in [1.29, 1.82) is 0 Å². The average Bonchev–Trinajstić information content (AvgIpc) is 2.79. The predicted octanol–water partition coefficient (Wildman–Crippen LogP) is 8.49. The summed E-state index contributed by atoms with van der Waals surface area (Å²) in [5.74, 6) is 0. The van der Waals surface area contributed by atoms with Crippen molar-refractivity contribution in [3.8, 4) is 33.4 Å². The highest BCUT2D eigenvalue weighted by atomic mass is 35.5. The van der Waals surface area contributed by atoms with Gasteiger partial charge < -0.3 is 0 Å². The molecule has 0 heterocycles. The molecular weight excluding hydrogens is 372 g/mol. The molecule has 0 atom stereocenters. The summed E-state index contributed by atoms with van der Waals surface area (Å²) in [4.78, 5) is 0. The van der Waals surface area contributed by atoms with Crippen LogP contribution in [0.2, 0.25) is 5.02 Å². The van der Waals surface area contributed by atoms with Crippen LogP contribution in [-0.2, 0) is 0 Å². The minimum absolute atomic E-state index is 0.767. The zero-order valence-electron chi connectivity index (χ0n) is 15.8. The van der Waals surface area contributed by atoms with Crippen molar-refractivity contribution >= 4 is 22.4 Å². The number of fused-ring (bicyclic) bond motifs is 1. The van der Waals surface area contributed by atoms with Crippen LogP contribution in [0.15, 0.2) is 115 Å². The molecule has 0 nitrogen and oxygen atoms in total. The van der Waals surface area contributed by atoms with E-state index in [1.807, 2.05) is 18.2 Å². The fourth-order valence-corrected chi connectivity index (χ4v) is 4.29. The van der Waals surface area contributed by atoms with E-state index in [2.05, 4.69) is 97.1 Å². The largest absolute Gasteiger partial charge is 0.0837 e. The Morgan fingerprint density at radius 2 is 0.897 bits per heavy atom. The van der Waals surface area contributed by atoms with E-state index < -0.39 is 0 Å². The van der Waals surface area contributed by atoms with Crippen LogP contribution < -0.4 is 0 Å². The number of hydrogen-bond acceptors (Lipinski definition) is 0. The molecule has 0 saturated heterocycles. The first-order valence-electron chi connectivity index (χ1n) is 9.74. The molecule has 5 aromatic carbocycles. The topological polar surface area (TPSA) is 0 Å². The molecule has 0 N–H and O–H groups in total. The minimum atomic E-state index is 0.767. The van der Waals surface area contributed by atoms with Crippen LogP contribution >= 0.6 is 11.6 Å². The van der Waals surface area contributed by atoms with Gasteiger partial charge in [0.25, 0.3) is 0 Å². The van der Waals surface area contributed by atoms with Crippen molar-refractivity contribution in [3.05, 3.63) is 120 Å². The van der Waals surface area contributed by atoms with E-state index in [0.717, 1.165) is 16.1 Å². The second-order valence-electron chi connectivity index (χ2n) is 7.10. The zero-order valence-corrected chi connectivity index (χ0v) is 16.6. The van der Waals surface area contributed by atoms with Crippen LogP contribution in [0, 0.1) is 0 Å². The van der Waals surface area contributed by atoms with Gasteiger partial charge in [-0.1, -0.05) is 121 Å². The first-order chi connectivity index (χ1) is 14.3. The molecule has 5 rings (SSSR count). The van der Waals surface area contributed by atoms with Gasteiger partial charge in [-0.05, 0) is 44.7 Å². The van der Waals surface area contributed by atoms with Crippen molar-refractivity contribution in [3.63, 3.8) is 0 Å². The Labute approximate surface area is 176 Å². The van der Waals surface area contributed by atoms with Gasteiger partial charge in [0.2, 0.25) is 0 Å². The van der Waals surface area contributed by atoms with Gasteiger partial charge in [0.15, 0.2) is 0 Å². The molecule has 0 saturated carbocycles. The summed E-state index contributed by atoms with van der Waals surface area (Å²) in [5.41, 5.74) is 7.08. The molecule has 29 heavy (non-hydrogen) atoms. The van der Waals surface area contributed by atoms with E-state index in [9.17, 15) is 0 Å². The lowest BCUT2D eigenvalue weighted by Gasteiger charge is -2.16. The molecule has 0 aliphatic rings. The van der Waals surface area contributed by atoms with Crippen molar-refractivity contribution in [2.75, 3.05) is 0 Å². The minimum Gasteiger partial charge on any atom is -0.0837 e. The summed E-state index contributed by atoms with van der Waals surface area (Å²) in [5, 5.41) is 3.27. The van der Waals surface area contributed by atoms with Crippen molar-refractivity contribution in [2.45, 2.75) is 0 Å². The van der Waals surface area contributed by atoms with Gasteiger partial charge in [-0.3, -0.25) is 0 Å². The molecule has 0 unspecified atom stereocenters. The Hall–Kier alpha value is -3.35. The van der Waals surface area contributed by atoms with E-state index in [-0.39, 0.29) is 0 Å². The lowest BCUT2D eigenvalue weighted by Crippen LogP contribution is -1.89. The maximum Gasteiger partial charge on any atom is 0.0484 e. The van der Waals surface area contributed by atoms with Crippen molar-refractivity contribution < 1.29 is 0 Å². The second kappa shape index (κ2) is 7.58. The van der Waals surface area contributed by atoms with Crippen LogP contribution in [0.3, 0.4) is 0 Å². The molecule has 5 aromatic rings. The van der Waals surface area contributed by atoms with Crippen molar-refractivity contribution in [2.24, 2.45) is 0 Å². The third-order valence-electron chi connectivity index (χ3n) is 5.37. The molecular formula is C28H19Cl. The van der Waals surface area contributed by atoms with Crippen LogP contribution in [0.4, 0.5) is 0 Å². The third-order valence-corrected chi connectivity index (χ3v) is 5.70. The molecule has 1 heteroatoms. The van der Waals surface area contributed by atoms with E-state index in [4.69, 9.17) is 11.6 Å². The van der Waals surface area contributed by atoms with E-state index in [1.54, 1.807) is 0 Å². The number of hydrogen-bond donors (Lipinski definition) is 0. The highest BCUT2D eigenvalue weighted by Crippen LogP contribution is 2.41. The smallest absolute Gasteiger partial charge is 0.0484 e. The summed E-state index contributed by atoms with van der Waals surface area (Å²) in [6, 6.07) is 40.2. The summed E-state index contributed by atoms with van der Waals surface area (Å²) >= 11 is 6.56. The normalized spacial score (nSPS) is 10.9. The van der Waals surface area contributed by atoms with Gasteiger partial charge in [0.1, 0.15) is 0 Å². The van der Waals surface area contributed by atoms with Gasteiger partial charge >= 0.3 is 0 Å². The molecule has 0 radical (unpaired) electrons. The summed E-state index contributed by atoms with van der Waals surface area (Å²) in [7, 11) is 0. The number of rotatable bonds is 3. The molecule has 0 spiro atoms. The molecule has 0 fully saturated rings. The number of benzene rings is 5. The van der Waals surface area contributed by atoms with E-state index in [1.165, 1.54) is 33.0 Å². The summed E-state index contributed by atoms with van der Waals surface area (Å²) < 4.78 is 0. The first-order valence-corrected chi connectivity index (χ1v) is 10.1. The Balaban J connectivity index is 1.84. The standard InChI is InChI=1S/C28H19Cl/c29-27-19-7-6-16-25(27)23-14-4-5-15-24(23)26-18-9-13-21-12-8-17-22(28(21)26)20-10-2-1-3-11-20/h1-19H. The molecule has 0 bridgehead atoms. The summed E-state index contributed by atoms with van der Waals surface area (Å²) in [6.45, 7) is 0. The Morgan fingerprint density at radius 3 is 1.59 bits per heavy atom. The van der Waals surface area contributed by atoms with Crippen molar-refractivity contribution in [1.82, 2.24) is 0 Å². The molecule has 138 valence electrons. The van der Waals surface area contributed by atoms with Crippen LogP contribution in [0.5, 0.6) is 0 Å². The van der Waals surface area contributed by atoms with Crippen LogP contribution in [0.1, 0.15) is 0 Å². The van der Waals surface area contributed by atoms with Gasteiger partial charge in [-0.15, -0.1) is 0 Å². The molecule has 0 aromatic heterocycles. The lowest BCUT2D eigenvalue weighted by atomic mass is 9.88. The summed E-state index contributed by atoms with van der Waals surface area (Å²) in [6.07, 6.45) is 0. The molecule has 0 amide bonds. The Morgan fingerprint density at radius 1 is 0.379 bits per heavy atom. The fraction of sp³-hybridized carbons (Fsp3) is 0. The predicted molar refractivity (Wildman–Crippen MR) is 125 cm³/mol. The van der Waals surface area contributed by atoms with E-state index >= 15 is 0 Å². The van der Waals surface area contributed by atoms with Gasteiger partial charge in [0, 0.05) is 10.6 Å². The first kappa shape index (κ1) is 17.7. The van der Waals surface area contributed by atoms with Gasteiger partial charge in [-0.25, -0.2) is 0 Å². The maximum absolute atomic E-state index is 6.56. The fourth-order valence-electron chi connectivity index (χ4n) is 4.06. The highest BCUT2D eigenvalue weighted by Gasteiger charge is 2.14. The van der Waals surface area contributed by atoms with Crippen LogP contribution in [0.25, 0.3) is 44.2 Å². The quantitative estimate of drug-likeness (QED) is 0.289. The van der Waals surface area contributed by atoms with Gasteiger partial charge in [-0.2, -0.15) is 0 Å². The van der Waals surface area contributed by atoms with Crippen LogP contribution in [-0.4, -0.2) is 0 Å². The Bertz CT molecular complexity index is 1300. The zero-order chi connectivity index (χ0) is 19.6. The van der Waals surface area contributed by atoms with E-state index in [0.29, 0.717) is 0 Å². The highest BCUT2D eigenvalue weighted by molar-refractivity contribution is 6.33. The molecule has 0 aliphatic carbocycles. The average molecular weight is 391 g/mol. The third kappa shape index (κ3) is 3.22. The SMILES string of the molecule is Clc1ccccc1-c1ccccc1-c1cccc2cccc(-c3ccccc3)c12. The lowest BCUT2D eigenvalue weighted by molar-refractivity contribution is 1.59. The molecule has 0 aliphatic heterocycles. The maximum atomic E-state index is 6.56. The number of halogens is 1. The second-order valence-corrected chi connectivity index (χ2v) is 7.51.